The molecule has 0 saturated heterocycles. The third-order valence-electron chi connectivity index (χ3n) is 2.94. The summed E-state index contributed by atoms with van der Waals surface area (Å²) >= 11 is 0. The zero-order valence-corrected chi connectivity index (χ0v) is 8.84. The molecule has 0 spiro atoms. The van der Waals surface area contributed by atoms with Gasteiger partial charge in [-0.1, -0.05) is 26.2 Å². The van der Waals surface area contributed by atoms with Gasteiger partial charge in [0.2, 0.25) is 0 Å². The Morgan fingerprint density at radius 1 is 1.50 bits per heavy atom. The van der Waals surface area contributed by atoms with E-state index in [1.165, 1.54) is 37.1 Å². The number of H-pyrrole nitrogens is 1. The highest BCUT2D eigenvalue weighted by atomic mass is 15.0. The zero-order chi connectivity index (χ0) is 9.80. The number of fused-ring (bicyclic) bond motifs is 1. The van der Waals surface area contributed by atoms with E-state index in [4.69, 9.17) is 0 Å². The first-order chi connectivity index (χ1) is 6.92. The molecule has 0 aromatic carbocycles. The van der Waals surface area contributed by atoms with Gasteiger partial charge >= 0.3 is 0 Å². The maximum absolute atomic E-state index is 4.40. The number of rotatable bonds is 4. The molecule has 0 aliphatic carbocycles. The van der Waals surface area contributed by atoms with E-state index < -0.39 is 0 Å². The summed E-state index contributed by atoms with van der Waals surface area (Å²) in [6.07, 6.45) is 8.08. The van der Waals surface area contributed by atoms with Crippen LogP contribution in [0.3, 0.4) is 0 Å². The van der Waals surface area contributed by atoms with Gasteiger partial charge in [-0.3, -0.25) is 0 Å². The van der Waals surface area contributed by atoms with Crippen molar-refractivity contribution in [2.24, 2.45) is 0 Å². The molecule has 1 aromatic rings. The summed E-state index contributed by atoms with van der Waals surface area (Å²) in [6.45, 7) is 3.33. The second-order valence-electron chi connectivity index (χ2n) is 4.02. The molecule has 3 nitrogen and oxygen atoms in total. The van der Waals surface area contributed by atoms with Crippen molar-refractivity contribution >= 4 is 0 Å². The van der Waals surface area contributed by atoms with Crippen molar-refractivity contribution in [2.45, 2.75) is 45.1 Å². The van der Waals surface area contributed by atoms with Crippen LogP contribution in [0.4, 0.5) is 0 Å². The molecule has 14 heavy (non-hydrogen) atoms. The molecule has 1 unspecified atom stereocenters. The highest BCUT2D eigenvalue weighted by molar-refractivity contribution is 5.18. The van der Waals surface area contributed by atoms with Gasteiger partial charge in [-0.05, 0) is 6.42 Å². The average molecular weight is 193 g/mol. The molecule has 0 amide bonds. The van der Waals surface area contributed by atoms with E-state index >= 15 is 0 Å². The first kappa shape index (κ1) is 9.71. The Kier molecular flexibility index (Phi) is 3.19. The van der Waals surface area contributed by atoms with Crippen LogP contribution in [0, 0.1) is 0 Å². The lowest BCUT2D eigenvalue weighted by Gasteiger charge is -2.22. The van der Waals surface area contributed by atoms with Crippen LogP contribution in [0.15, 0.2) is 6.33 Å². The Morgan fingerprint density at radius 3 is 3.29 bits per heavy atom. The summed E-state index contributed by atoms with van der Waals surface area (Å²) in [4.78, 5) is 7.63. The van der Waals surface area contributed by atoms with Crippen molar-refractivity contribution in [3.8, 4) is 0 Å². The SMILES string of the molecule is CCCCCC1NCCc2[nH]cnc21. The second-order valence-corrected chi connectivity index (χ2v) is 4.02. The smallest absolute Gasteiger partial charge is 0.0925 e. The van der Waals surface area contributed by atoms with Gasteiger partial charge in [-0.25, -0.2) is 4.98 Å². The first-order valence-corrected chi connectivity index (χ1v) is 5.67. The van der Waals surface area contributed by atoms with Crippen LogP contribution in [0.25, 0.3) is 0 Å². The third kappa shape index (κ3) is 1.98. The average Bonchev–Trinajstić information content (AvgIpc) is 2.67. The molecule has 0 saturated carbocycles. The van der Waals surface area contributed by atoms with Crippen LogP contribution in [0.2, 0.25) is 0 Å². The van der Waals surface area contributed by atoms with Crippen LogP contribution in [-0.4, -0.2) is 16.5 Å². The number of imidazole rings is 1. The van der Waals surface area contributed by atoms with Gasteiger partial charge in [0.1, 0.15) is 0 Å². The molecule has 3 heteroatoms. The van der Waals surface area contributed by atoms with E-state index in [1.54, 1.807) is 0 Å². The summed E-state index contributed by atoms with van der Waals surface area (Å²) in [5.41, 5.74) is 2.60. The summed E-state index contributed by atoms with van der Waals surface area (Å²) in [7, 11) is 0. The molecule has 78 valence electrons. The maximum atomic E-state index is 4.40. The van der Waals surface area contributed by atoms with Crippen LogP contribution in [-0.2, 0) is 6.42 Å². The number of unbranched alkanes of at least 4 members (excludes halogenated alkanes) is 2. The van der Waals surface area contributed by atoms with Crippen molar-refractivity contribution < 1.29 is 0 Å². The number of hydrogen-bond donors (Lipinski definition) is 2. The van der Waals surface area contributed by atoms with Gasteiger partial charge in [0.05, 0.1) is 18.1 Å². The molecule has 0 bridgehead atoms. The fourth-order valence-corrected chi connectivity index (χ4v) is 2.14. The monoisotopic (exact) mass is 193 g/mol. The fourth-order valence-electron chi connectivity index (χ4n) is 2.14. The Morgan fingerprint density at radius 2 is 2.43 bits per heavy atom. The number of hydrogen-bond acceptors (Lipinski definition) is 2. The zero-order valence-electron chi connectivity index (χ0n) is 8.84. The predicted octanol–water partition coefficient (Wildman–Crippen LogP) is 2.18. The topological polar surface area (TPSA) is 40.7 Å². The molecule has 2 N–H and O–H groups in total. The fraction of sp³-hybridized carbons (Fsp3) is 0.727. The van der Waals surface area contributed by atoms with Crippen LogP contribution in [0.5, 0.6) is 0 Å². The van der Waals surface area contributed by atoms with E-state index in [9.17, 15) is 0 Å². The molecule has 1 atom stereocenters. The highest BCUT2D eigenvalue weighted by Crippen LogP contribution is 2.23. The number of aromatic amines is 1. The van der Waals surface area contributed by atoms with Crippen molar-refractivity contribution in [3.05, 3.63) is 17.7 Å². The molecule has 2 heterocycles. The van der Waals surface area contributed by atoms with Gasteiger partial charge in [-0.2, -0.15) is 0 Å². The molecule has 1 aromatic heterocycles. The Labute approximate surface area is 85.3 Å². The van der Waals surface area contributed by atoms with Crippen molar-refractivity contribution in [3.63, 3.8) is 0 Å². The van der Waals surface area contributed by atoms with Gasteiger partial charge in [0.25, 0.3) is 0 Å². The lowest BCUT2D eigenvalue weighted by atomic mass is 10.00. The Hall–Kier alpha value is -0.830. The largest absolute Gasteiger partial charge is 0.348 e. The summed E-state index contributed by atoms with van der Waals surface area (Å²) < 4.78 is 0. The third-order valence-corrected chi connectivity index (χ3v) is 2.94. The minimum Gasteiger partial charge on any atom is -0.348 e. The lowest BCUT2D eigenvalue weighted by Crippen LogP contribution is -2.29. The predicted molar refractivity (Wildman–Crippen MR) is 57.2 cm³/mol. The molecular weight excluding hydrogens is 174 g/mol. The quantitative estimate of drug-likeness (QED) is 0.719. The molecule has 0 fully saturated rings. The molecule has 1 aliphatic rings. The van der Waals surface area contributed by atoms with E-state index in [-0.39, 0.29) is 0 Å². The van der Waals surface area contributed by atoms with Crippen LogP contribution < -0.4 is 5.32 Å². The Balaban J connectivity index is 1.94. The van der Waals surface area contributed by atoms with Gasteiger partial charge in [0.15, 0.2) is 0 Å². The van der Waals surface area contributed by atoms with Gasteiger partial charge in [0, 0.05) is 18.7 Å². The highest BCUT2D eigenvalue weighted by Gasteiger charge is 2.20. The van der Waals surface area contributed by atoms with Crippen molar-refractivity contribution in [2.75, 3.05) is 6.54 Å². The second kappa shape index (κ2) is 4.60. The normalized spacial score (nSPS) is 20.8. The number of nitrogens with one attached hydrogen (secondary N) is 2. The molecule has 2 rings (SSSR count). The summed E-state index contributed by atoms with van der Waals surface area (Å²) in [6, 6.07) is 0.497. The van der Waals surface area contributed by atoms with Crippen molar-refractivity contribution in [1.82, 2.24) is 15.3 Å². The van der Waals surface area contributed by atoms with Gasteiger partial charge < -0.3 is 10.3 Å². The molecule has 0 radical (unpaired) electrons. The first-order valence-electron chi connectivity index (χ1n) is 5.67. The standard InChI is InChI=1S/C11H19N3/c1-2-3-4-5-9-11-10(6-7-12-9)13-8-14-11/h8-9,12H,2-7H2,1H3,(H,13,14). The van der Waals surface area contributed by atoms with Crippen LogP contribution in [0.1, 0.15) is 50.0 Å². The van der Waals surface area contributed by atoms with Crippen LogP contribution >= 0.6 is 0 Å². The molecular formula is C11H19N3. The van der Waals surface area contributed by atoms with E-state index in [0.717, 1.165) is 13.0 Å². The van der Waals surface area contributed by atoms with Crippen molar-refractivity contribution in [1.29, 1.82) is 0 Å². The number of aromatic nitrogens is 2. The number of nitrogens with zero attached hydrogens (tertiary/aromatic N) is 1. The summed E-state index contributed by atoms with van der Waals surface area (Å²) in [5, 5.41) is 3.54. The minimum atomic E-state index is 0.497. The Bertz CT molecular complexity index is 280. The van der Waals surface area contributed by atoms with E-state index in [1.807, 2.05) is 6.33 Å². The lowest BCUT2D eigenvalue weighted by molar-refractivity contribution is 0.445. The minimum absolute atomic E-state index is 0.497. The van der Waals surface area contributed by atoms with E-state index in [0.29, 0.717) is 6.04 Å². The molecule has 1 aliphatic heterocycles. The van der Waals surface area contributed by atoms with E-state index in [2.05, 4.69) is 22.2 Å². The summed E-state index contributed by atoms with van der Waals surface area (Å²) in [5.74, 6) is 0. The van der Waals surface area contributed by atoms with Gasteiger partial charge in [-0.15, -0.1) is 0 Å². The maximum Gasteiger partial charge on any atom is 0.0925 e.